The van der Waals surface area contributed by atoms with Gasteiger partial charge in [0.2, 0.25) is 0 Å². The fourth-order valence-electron chi connectivity index (χ4n) is 2.69. The Morgan fingerprint density at radius 3 is 1.27 bits per heavy atom. The number of rotatable bonds is 1. The van der Waals surface area contributed by atoms with Gasteiger partial charge in [0.15, 0.2) is 0 Å². The summed E-state index contributed by atoms with van der Waals surface area (Å²) in [6, 6.07) is 9.76. The van der Waals surface area contributed by atoms with Gasteiger partial charge in [-0.15, -0.1) is 0 Å². The lowest BCUT2D eigenvalue weighted by atomic mass is 9.97. The van der Waals surface area contributed by atoms with Gasteiger partial charge in [-0.25, -0.2) is 0 Å². The van der Waals surface area contributed by atoms with Gasteiger partial charge in [0.05, 0.1) is 22.3 Å². The second-order valence-corrected chi connectivity index (χ2v) is 5.09. The van der Waals surface area contributed by atoms with Crippen LogP contribution in [0.25, 0.3) is 11.1 Å². The molecule has 0 aromatic heterocycles. The highest BCUT2D eigenvalue weighted by Crippen LogP contribution is 2.28. The second-order valence-electron chi connectivity index (χ2n) is 5.09. The van der Waals surface area contributed by atoms with Crippen LogP contribution in [-0.2, 0) is 0 Å². The number of fused-ring (bicyclic) bond motifs is 2. The van der Waals surface area contributed by atoms with E-state index in [4.69, 9.17) is 0 Å². The minimum atomic E-state index is -0.434. The average Bonchev–Trinajstić information content (AvgIpc) is 2.96. The molecule has 6 nitrogen and oxygen atoms in total. The molecule has 106 valence electrons. The monoisotopic (exact) mass is 292 g/mol. The summed E-state index contributed by atoms with van der Waals surface area (Å²) in [6.07, 6.45) is 0. The highest BCUT2D eigenvalue weighted by molar-refractivity contribution is 6.23. The summed E-state index contributed by atoms with van der Waals surface area (Å²) < 4.78 is 0. The maximum Gasteiger partial charge on any atom is 0.258 e. The van der Waals surface area contributed by atoms with E-state index in [0.717, 1.165) is 0 Å². The summed E-state index contributed by atoms with van der Waals surface area (Å²) >= 11 is 0. The molecule has 2 N–H and O–H groups in total. The predicted octanol–water partition coefficient (Wildman–Crippen LogP) is 1.12. The molecular weight excluding hydrogens is 284 g/mol. The standard InChI is InChI=1S/C16H8N2O4/c19-13-9-3-1-7(5-11(9)15(21)17-13)8-2-4-10-12(6-8)16(22)18-14(10)20/h1-6H,(H,17,19,21)(H,18,20,22). The van der Waals surface area contributed by atoms with Crippen molar-refractivity contribution in [2.75, 3.05) is 0 Å². The van der Waals surface area contributed by atoms with Gasteiger partial charge in [-0.05, 0) is 35.4 Å². The van der Waals surface area contributed by atoms with Crippen LogP contribution in [0.15, 0.2) is 36.4 Å². The molecule has 0 spiro atoms. The lowest BCUT2D eigenvalue weighted by molar-refractivity contribution is 0.0863. The molecule has 22 heavy (non-hydrogen) atoms. The van der Waals surface area contributed by atoms with E-state index < -0.39 is 23.6 Å². The van der Waals surface area contributed by atoms with Crippen molar-refractivity contribution in [3.05, 3.63) is 58.7 Å². The molecule has 2 heterocycles. The first kappa shape index (κ1) is 12.5. The van der Waals surface area contributed by atoms with Gasteiger partial charge in [0.25, 0.3) is 23.6 Å². The molecule has 4 rings (SSSR count). The molecule has 6 heteroatoms. The number of imide groups is 2. The smallest absolute Gasteiger partial charge is 0.258 e. The molecule has 0 saturated carbocycles. The Bertz CT molecular complexity index is 839. The van der Waals surface area contributed by atoms with Crippen molar-refractivity contribution in [3.63, 3.8) is 0 Å². The maximum absolute atomic E-state index is 11.7. The van der Waals surface area contributed by atoms with Crippen LogP contribution in [0, 0.1) is 0 Å². The van der Waals surface area contributed by atoms with Gasteiger partial charge < -0.3 is 0 Å². The molecule has 0 atom stereocenters. The highest BCUT2D eigenvalue weighted by Gasteiger charge is 2.28. The third kappa shape index (κ3) is 1.61. The molecule has 0 radical (unpaired) electrons. The van der Waals surface area contributed by atoms with E-state index in [1.54, 1.807) is 36.4 Å². The van der Waals surface area contributed by atoms with Crippen molar-refractivity contribution in [3.8, 4) is 11.1 Å². The number of benzene rings is 2. The molecule has 2 aromatic carbocycles. The number of hydrogen-bond donors (Lipinski definition) is 2. The zero-order chi connectivity index (χ0) is 15.4. The van der Waals surface area contributed by atoms with E-state index in [9.17, 15) is 19.2 Å². The lowest BCUT2D eigenvalue weighted by Gasteiger charge is -2.05. The van der Waals surface area contributed by atoms with Crippen molar-refractivity contribution < 1.29 is 19.2 Å². The zero-order valence-electron chi connectivity index (χ0n) is 11.1. The minimum absolute atomic E-state index is 0.309. The zero-order valence-corrected chi connectivity index (χ0v) is 11.1. The van der Waals surface area contributed by atoms with Crippen LogP contribution in [-0.4, -0.2) is 23.6 Å². The van der Waals surface area contributed by atoms with Gasteiger partial charge in [0, 0.05) is 0 Å². The van der Waals surface area contributed by atoms with Crippen molar-refractivity contribution >= 4 is 23.6 Å². The van der Waals surface area contributed by atoms with Gasteiger partial charge in [-0.2, -0.15) is 0 Å². The van der Waals surface area contributed by atoms with Crippen molar-refractivity contribution in [1.29, 1.82) is 0 Å². The first-order valence-corrected chi connectivity index (χ1v) is 6.54. The minimum Gasteiger partial charge on any atom is -0.288 e. The summed E-state index contributed by atoms with van der Waals surface area (Å²) in [4.78, 5) is 46.5. The molecule has 2 aliphatic heterocycles. The highest BCUT2D eigenvalue weighted by atomic mass is 16.2. The van der Waals surface area contributed by atoms with E-state index >= 15 is 0 Å². The SMILES string of the molecule is O=C1NC(=O)c2cc(-c3ccc4c(c3)C(=O)NC4=O)ccc21. The average molecular weight is 292 g/mol. The van der Waals surface area contributed by atoms with Crippen LogP contribution in [0.2, 0.25) is 0 Å². The molecule has 2 aliphatic rings. The third-order valence-corrected chi connectivity index (χ3v) is 3.81. The van der Waals surface area contributed by atoms with Gasteiger partial charge >= 0.3 is 0 Å². The number of hydrogen-bond acceptors (Lipinski definition) is 4. The Labute approximate surface area is 124 Å². The van der Waals surface area contributed by atoms with Crippen LogP contribution < -0.4 is 10.6 Å². The fourth-order valence-corrected chi connectivity index (χ4v) is 2.69. The predicted molar refractivity (Wildman–Crippen MR) is 75.5 cm³/mol. The quantitative estimate of drug-likeness (QED) is 0.770. The summed E-state index contributed by atoms with van der Waals surface area (Å²) in [7, 11) is 0. The summed E-state index contributed by atoms with van der Waals surface area (Å²) in [5, 5.41) is 4.46. The maximum atomic E-state index is 11.7. The summed E-state index contributed by atoms with van der Waals surface area (Å²) in [5.41, 5.74) is 2.68. The molecule has 4 amide bonds. The Balaban J connectivity index is 1.84. The van der Waals surface area contributed by atoms with Crippen LogP contribution in [0.5, 0.6) is 0 Å². The van der Waals surface area contributed by atoms with Gasteiger partial charge in [-0.3, -0.25) is 29.8 Å². The van der Waals surface area contributed by atoms with Gasteiger partial charge in [-0.1, -0.05) is 12.1 Å². The summed E-state index contributed by atoms with van der Waals surface area (Å²) in [6.45, 7) is 0. The van der Waals surface area contributed by atoms with E-state index in [-0.39, 0.29) is 0 Å². The second kappa shape index (κ2) is 4.11. The molecule has 0 fully saturated rings. The molecule has 0 unspecified atom stereocenters. The summed E-state index contributed by atoms with van der Waals surface area (Å²) in [5.74, 6) is -1.69. The first-order chi connectivity index (χ1) is 10.5. The number of carbonyl (C=O) groups excluding carboxylic acids is 4. The molecule has 0 aliphatic carbocycles. The fraction of sp³-hybridized carbons (Fsp3) is 0. The molecule has 2 aromatic rings. The Kier molecular flexibility index (Phi) is 2.33. The van der Waals surface area contributed by atoms with Crippen LogP contribution in [0.4, 0.5) is 0 Å². The Hall–Kier alpha value is -3.28. The van der Waals surface area contributed by atoms with Gasteiger partial charge in [0.1, 0.15) is 0 Å². The lowest BCUT2D eigenvalue weighted by Crippen LogP contribution is -2.19. The Morgan fingerprint density at radius 1 is 0.500 bits per heavy atom. The molecular formula is C16H8N2O4. The number of nitrogens with one attached hydrogen (secondary N) is 2. The van der Waals surface area contributed by atoms with E-state index in [0.29, 0.717) is 33.4 Å². The van der Waals surface area contributed by atoms with Crippen LogP contribution in [0.1, 0.15) is 41.4 Å². The number of carbonyl (C=O) groups is 4. The topological polar surface area (TPSA) is 92.3 Å². The van der Waals surface area contributed by atoms with E-state index in [1.807, 2.05) is 0 Å². The normalized spacial score (nSPS) is 15.5. The van der Waals surface area contributed by atoms with Crippen molar-refractivity contribution in [2.45, 2.75) is 0 Å². The largest absolute Gasteiger partial charge is 0.288 e. The van der Waals surface area contributed by atoms with E-state index in [1.165, 1.54) is 0 Å². The van der Waals surface area contributed by atoms with Crippen molar-refractivity contribution in [1.82, 2.24) is 10.6 Å². The molecule has 0 saturated heterocycles. The molecule has 0 bridgehead atoms. The third-order valence-electron chi connectivity index (χ3n) is 3.81. The van der Waals surface area contributed by atoms with Crippen LogP contribution in [0.3, 0.4) is 0 Å². The van der Waals surface area contributed by atoms with Crippen molar-refractivity contribution in [2.24, 2.45) is 0 Å². The number of amides is 4. The first-order valence-electron chi connectivity index (χ1n) is 6.54. The van der Waals surface area contributed by atoms with E-state index in [2.05, 4.69) is 10.6 Å². The Morgan fingerprint density at radius 2 is 0.864 bits per heavy atom. The van der Waals surface area contributed by atoms with Crippen LogP contribution >= 0.6 is 0 Å².